The molecule has 0 atom stereocenters. The number of alkyl halides is 3. The van der Waals surface area contributed by atoms with Gasteiger partial charge in [0.15, 0.2) is 0 Å². The largest absolute Gasteiger partial charge is 0.573 e. The average Bonchev–Trinajstić information content (AvgIpc) is 2.06. The fourth-order valence-corrected chi connectivity index (χ4v) is 0.814. The van der Waals surface area contributed by atoms with Gasteiger partial charge in [0.1, 0.15) is 5.75 Å². The fraction of sp³-hybridized carbons (Fsp3) is 0.111. The third-order valence-corrected chi connectivity index (χ3v) is 1.28. The van der Waals surface area contributed by atoms with Gasteiger partial charge in [-0.15, -0.1) is 13.2 Å². The smallest absolute Gasteiger partial charge is 0.406 e. The molecule has 0 unspecified atom stereocenters. The molecule has 0 aromatic heterocycles. The molecule has 1 aromatic rings. The lowest BCUT2D eigenvalue weighted by molar-refractivity contribution is -0.274. The molecule has 0 saturated heterocycles. The molecule has 0 aliphatic carbocycles. The molecular weight excluding hydrogens is 195 g/mol. The number of aliphatic imine (C=N–C) groups is 1. The Morgan fingerprint density at radius 2 is 1.79 bits per heavy atom. The van der Waals surface area contributed by atoms with E-state index in [1.807, 2.05) is 0 Å². The predicted octanol–water partition coefficient (Wildman–Crippen LogP) is 3.07. The Hall–Kier alpha value is -1.74. The van der Waals surface area contributed by atoms with Gasteiger partial charge in [0.25, 0.3) is 0 Å². The van der Waals surface area contributed by atoms with Crippen molar-refractivity contribution in [3.05, 3.63) is 30.8 Å². The molecule has 0 heterocycles. The third-order valence-electron chi connectivity index (χ3n) is 1.28. The van der Waals surface area contributed by atoms with Crippen molar-refractivity contribution in [3.8, 4) is 5.75 Å². The monoisotopic (exact) mass is 201 g/mol. The first-order valence-electron chi connectivity index (χ1n) is 3.60. The summed E-state index contributed by atoms with van der Waals surface area (Å²) in [5.41, 5.74) is 0.467. The third kappa shape index (κ3) is 3.33. The molecule has 0 bridgehead atoms. The van der Waals surface area contributed by atoms with Gasteiger partial charge in [0, 0.05) is 0 Å². The van der Waals surface area contributed by atoms with E-state index >= 15 is 0 Å². The minimum absolute atomic E-state index is 0.277. The van der Waals surface area contributed by atoms with Crippen molar-refractivity contribution in [2.75, 3.05) is 0 Å². The maximum atomic E-state index is 11.7. The lowest BCUT2D eigenvalue weighted by Gasteiger charge is -2.07. The van der Waals surface area contributed by atoms with Gasteiger partial charge in [-0.1, -0.05) is 0 Å². The molecule has 5 heteroatoms. The molecule has 1 rings (SSSR count). The lowest BCUT2D eigenvalue weighted by atomic mass is 10.3. The van der Waals surface area contributed by atoms with Crippen molar-refractivity contribution in [1.82, 2.24) is 0 Å². The lowest BCUT2D eigenvalue weighted by Crippen LogP contribution is -2.16. The molecule has 74 valence electrons. The molecule has 0 spiro atoms. The first-order chi connectivity index (χ1) is 6.51. The number of nitrogens with zero attached hydrogens (tertiary/aromatic N) is 1. The molecule has 1 aromatic carbocycles. The first kappa shape index (κ1) is 10.3. The summed E-state index contributed by atoms with van der Waals surface area (Å²) in [7, 11) is 0. The Morgan fingerprint density at radius 1 is 1.21 bits per heavy atom. The van der Waals surface area contributed by atoms with E-state index in [0.717, 1.165) is 0 Å². The molecule has 0 aliphatic heterocycles. The van der Waals surface area contributed by atoms with Crippen molar-refractivity contribution in [3.63, 3.8) is 0 Å². The van der Waals surface area contributed by atoms with Crippen LogP contribution in [0.2, 0.25) is 0 Å². The summed E-state index contributed by atoms with van der Waals surface area (Å²) >= 11 is 0. The van der Waals surface area contributed by atoms with Gasteiger partial charge in [-0.2, -0.15) is 0 Å². The van der Waals surface area contributed by atoms with E-state index < -0.39 is 6.36 Å². The van der Waals surface area contributed by atoms with Gasteiger partial charge in [0.2, 0.25) is 0 Å². The van der Waals surface area contributed by atoms with E-state index in [1.54, 1.807) is 0 Å². The number of hydrogen-bond acceptors (Lipinski definition) is 2. The summed E-state index contributed by atoms with van der Waals surface area (Å²) in [5.74, 6) is 1.99. The van der Waals surface area contributed by atoms with Crippen molar-refractivity contribution in [1.29, 1.82) is 0 Å². The van der Waals surface area contributed by atoms with E-state index in [4.69, 9.17) is 0 Å². The average molecular weight is 201 g/mol. The van der Waals surface area contributed by atoms with E-state index in [1.165, 1.54) is 24.3 Å². The maximum absolute atomic E-state index is 11.7. The molecule has 0 saturated carbocycles. The summed E-state index contributed by atoms with van der Waals surface area (Å²) < 4.78 is 38.8. The second-order valence-corrected chi connectivity index (χ2v) is 2.31. The topological polar surface area (TPSA) is 21.6 Å². The highest BCUT2D eigenvalue weighted by Gasteiger charge is 2.30. The summed E-state index contributed by atoms with van der Waals surface area (Å²) in [6.07, 6.45) is -4.66. The molecular formula is C9H6F3NO. The molecule has 0 fully saturated rings. The molecule has 0 amide bonds. The first-order valence-corrected chi connectivity index (χ1v) is 3.60. The summed E-state index contributed by atoms with van der Waals surface area (Å²) in [4.78, 5) is 3.65. The summed E-state index contributed by atoms with van der Waals surface area (Å²) in [6.45, 7) is 3.23. The van der Waals surface area contributed by atoms with Crippen LogP contribution in [0.1, 0.15) is 0 Å². The normalized spacial score (nSPS) is 10.5. The molecule has 0 radical (unpaired) electrons. The highest BCUT2D eigenvalue weighted by Crippen LogP contribution is 2.24. The molecule has 2 nitrogen and oxygen atoms in total. The van der Waals surface area contributed by atoms with Crippen LogP contribution in [-0.2, 0) is 0 Å². The highest BCUT2D eigenvalue weighted by molar-refractivity contribution is 5.56. The second kappa shape index (κ2) is 3.98. The van der Waals surface area contributed by atoms with Crippen LogP contribution in [0.4, 0.5) is 18.9 Å². The van der Waals surface area contributed by atoms with E-state index in [9.17, 15) is 13.2 Å². The minimum Gasteiger partial charge on any atom is -0.406 e. The van der Waals surface area contributed by atoms with Crippen molar-refractivity contribution < 1.29 is 17.9 Å². The van der Waals surface area contributed by atoms with Crippen LogP contribution in [0, 0.1) is 0 Å². The molecule has 0 N–H and O–H groups in total. The zero-order valence-corrected chi connectivity index (χ0v) is 7.01. The summed E-state index contributed by atoms with van der Waals surface area (Å²) in [6, 6.07) is 5.09. The second-order valence-electron chi connectivity index (χ2n) is 2.31. The Labute approximate surface area is 78.3 Å². The van der Waals surface area contributed by atoms with Gasteiger partial charge >= 0.3 is 6.36 Å². The SMILES string of the molecule is C=C=Nc1ccc(OC(F)(F)F)cc1. The van der Waals surface area contributed by atoms with Crippen molar-refractivity contribution in [2.24, 2.45) is 4.99 Å². The number of rotatable bonds is 2. The minimum atomic E-state index is -4.66. The summed E-state index contributed by atoms with van der Waals surface area (Å²) in [5, 5.41) is 0. The Bertz CT molecular complexity index is 349. The van der Waals surface area contributed by atoms with Crippen LogP contribution < -0.4 is 4.74 Å². The van der Waals surface area contributed by atoms with Gasteiger partial charge in [-0.3, -0.25) is 0 Å². The van der Waals surface area contributed by atoms with Crippen LogP contribution in [0.3, 0.4) is 0 Å². The van der Waals surface area contributed by atoms with E-state index in [2.05, 4.69) is 22.2 Å². The van der Waals surface area contributed by atoms with Crippen LogP contribution >= 0.6 is 0 Å². The van der Waals surface area contributed by atoms with Crippen LogP contribution in [0.15, 0.2) is 35.8 Å². The van der Waals surface area contributed by atoms with Crippen LogP contribution in [0.25, 0.3) is 0 Å². The number of halogens is 3. The number of benzene rings is 1. The quantitative estimate of drug-likeness (QED) is 0.674. The molecule has 0 aliphatic rings. The Balaban J connectivity index is 2.78. The number of ether oxygens (including phenoxy) is 1. The van der Waals surface area contributed by atoms with E-state index in [0.29, 0.717) is 5.69 Å². The van der Waals surface area contributed by atoms with Gasteiger partial charge in [0.05, 0.1) is 5.69 Å². The fourth-order valence-electron chi connectivity index (χ4n) is 0.814. The van der Waals surface area contributed by atoms with Crippen molar-refractivity contribution >= 4 is 11.6 Å². The highest BCUT2D eigenvalue weighted by atomic mass is 19.4. The Kier molecular flexibility index (Phi) is 2.94. The number of hydrogen-bond donors (Lipinski definition) is 0. The van der Waals surface area contributed by atoms with Gasteiger partial charge in [-0.25, -0.2) is 4.99 Å². The zero-order chi connectivity index (χ0) is 10.6. The van der Waals surface area contributed by atoms with Gasteiger partial charge in [-0.05, 0) is 36.7 Å². The zero-order valence-electron chi connectivity index (χ0n) is 7.01. The van der Waals surface area contributed by atoms with Gasteiger partial charge < -0.3 is 4.74 Å². The van der Waals surface area contributed by atoms with E-state index in [-0.39, 0.29) is 5.75 Å². The maximum Gasteiger partial charge on any atom is 0.573 e. The van der Waals surface area contributed by atoms with Crippen LogP contribution in [0.5, 0.6) is 5.75 Å². The van der Waals surface area contributed by atoms with Crippen molar-refractivity contribution in [2.45, 2.75) is 6.36 Å². The molecule has 14 heavy (non-hydrogen) atoms. The standard InChI is InChI=1S/C9H6F3NO/c1-2-13-7-3-5-8(6-4-7)14-9(10,11)12/h3-6H,1H2. The van der Waals surface area contributed by atoms with Crippen LogP contribution in [-0.4, -0.2) is 12.2 Å². The predicted molar refractivity (Wildman–Crippen MR) is 45.8 cm³/mol. The Morgan fingerprint density at radius 3 is 2.21 bits per heavy atom.